The molecule has 9 nitrogen and oxygen atoms in total. The normalized spacial score (nSPS) is 16.3. The molecule has 0 saturated carbocycles. The molecular formula is C29H31F2N3O6S. The van der Waals surface area contributed by atoms with Gasteiger partial charge in [0, 0.05) is 36.6 Å². The number of morpholine rings is 1. The van der Waals surface area contributed by atoms with E-state index >= 15 is 0 Å². The van der Waals surface area contributed by atoms with Gasteiger partial charge >= 0.3 is 5.97 Å². The largest absolute Gasteiger partial charge is 0.496 e. The standard InChI is InChI=1S/C29H31F2N3O6S/c1-38-25-12-20(40-9-6-34-4-7-39-8-5-34)2-3-21(25)24-17-41-26(33-24)16-32-28(37)29(15-27(35)36)13-18-10-22(30)23(31)11-19(18)14-29/h2-3,10-12,17H,4-9,13-16H2,1H3,(H,32,37)(H,35,36). The molecule has 2 N–H and O–H groups in total. The maximum atomic E-state index is 13.8. The number of nitrogens with zero attached hydrogens (tertiary/aromatic N) is 2. The summed E-state index contributed by atoms with van der Waals surface area (Å²) in [6.07, 6.45) is -0.435. The topological polar surface area (TPSA) is 110 Å². The number of thiazole rings is 1. The average molecular weight is 588 g/mol. The highest BCUT2D eigenvalue weighted by Gasteiger charge is 2.46. The van der Waals surface area contributed by atoms with Crippen molar-refractivity contribution in [3.8, 4) is 22.8 Å². The first-order valence-electron chi connectivity index (χ1n) is 13.3. The smallest absolute Gasteiger partial charge is 0.304 e. The Balaban J connectivity index is 1.22. The number of aromatic nitrogens is 1. The van der Waals surface area contributed by atoms with Crippen LogP contribution in [-0.4, -0.2) is 73.4 Å². The van der Waals surface area contributed by atoms with E-state index in [1.165, 1.54) is 11.3 Å². The van der Waals surface area contributed by atoms with Crippen LogP contribution in [0.25, 0.3) is 11.3 Å². The van der Waals surface area contributed by atoms with Gasteiger partial charge in [0.25, 0.3) is 0 Å². The molecule has 5 rings (SSSR count). The number of fused-ring (bicyclic) bond motifs is 1. The van der Waals surface area contributed by atoms with Gasteiger partial charge in [-0.1, -0.05) is 0 Å². The lowest BCUT2D eigenvalue weighted by molar-refractivity contribution is -0.145. The molecule has 1 aromatic heterocycles. The van der Waals surface area contributed by atoms with Crippen molar-refractivity contribution in [3.05, 3.63) is 63.5 Å². The molecule has 3 aromatic rings. The Labute approximate surface area is 240 Å². The molecule has 2 aromatic carbocycles. The van der Waals surface area contributed by atoms with E-state index in [4.69, 9.17) is 14.2 Å². The number of carboxylic acids is 1. The van der Waals surface area contributed by atoms with Crippen LogP contribution in [0.1, 0.15) is 22.6 Å². The molecular weight excluding hydrogens is 556 g/mol. The molecule has 41 heavy (non-hydrogen) atoms. The monoisotopic (exact) mass is 587 g/mol. The van der Waals surface area contributed by atoms with Crippen molar-refractivity contribution >= 4 is 23.2 Å². The van der Waals surface area contributed by atoms with E-state index in [0.29, 0.717) is 39.9 Å². The van der Waals surface area contributed by atoms with Gasteiger partial charge in [0.1, 0.15) is 23.1 Å². The van der Waals surface area contributed by atoms with E-state index in [0.717, 1.165) is 50.5 Å². The number of nitrogens with one attached hydrogen (secondary N) is 1. The van der Waals surface area contributed by atoms with Gasteiger partial charge in [0.15, 0.2) is 11.6 Å². The summed E-state index contributed by atoms with van der Waals surface area (Å²) in [7, 11) is 1.57. The molecule has 0 unspecified atom stereocenters. The highest BCUT2D eigenvalue weighted by Crippen LogP contribution is 2.41. The van der Waals surface area contributed by atoms with Crippen molar-refractivity contribution in [2.45, 2.75) is 25.8 Å². The Hall–Kier alpha value is -3.61. The van der Waals surface area contributed by atoms with Crippen LogP contribution in [0.5, 0.6) is 11.5 Å². The van der Waals surface area contributed by atoms with Crippen LogP contribution >= 0.6 is 11.3 Å². The Kier molecular flexibility index (Phi) is 8.81. The van der Waals surface area contributed by atoms with Crippen LogP contribution in [0.2, 0.25) is 0 Å². The minimum atomic E-state index is -1.34. The first kappa shape index (κ1) is 28.9. The molecule has 12 heteroatoms. The number of methoxy groups -OCH3 is 1. The number of carbonyl (C=O) groups excluding carboxylic acids is 1. The van der Waals surface area contributed by atoms with Crippen molar-refractivity contribution in [2.24, 2.45) is 5.41 Å². The summed E-state index contributed by atoms with van der Waals surface area (Å²) < 4.78 is 44.4. The Bertz CT molecular complexity index is 1390. The molecule has 1 saturated heterocycles. The predicted molar refractivity (Wildman–Crippen MR) is 147 cm³/mol. The Morgan fingerprint density at radius 3 is 2.51 bits per heavy atom. The number of amides is 1. The number of rotatable bonds is 11. The van der Waals surface area contributed by atoms with E-state index in [1.807, 2.05) is 23.6 Å². The highest BCUT2D eigenvalue weighted by molar-refractivity contribution is 7.09. The van der Waals surface area contributed by atoms with Crippen molar-refractivity contribution < 1.29 is 37.7 Å². The van der Waals surface area contributed by atoms with Crippen LogP contribution in [0.4, 0.5) is 8.78 Å². The number of hydrogen-bond donors (Lipinski definition) is 2. The van der Waals surface area contributed by atoms with Crippen molar-refractivity contribution in [1.29, 1.82) is 0 Å². The fraction of sp³-hybridized carbons (Fsp3) is 0.414. The summed E-state index contributed by atoms with van der Waals surface area (Å²) in [5.41, 5.74) is 0.972. The quantitative estimate of drug-likeness (QED) is 0.350. The third kappa shape index (κ3) is 6.66. The van der Waals surface area contributed by atoms with Crippen LogP contribution < -0.4 is 14.8 Å². The molecule has 1 aliphatic heterocycles. The lowest BCUT2D eigenvalue weighted by Gasteiger charge is -2.26. The van der Waals surface area contributed by atoms with E-state index in [1.54, 1.807) is 7.11 Å². The highest BCUT2D eigenvalue weighted by atomic mass is 32.1. The van der Waals surface area contributed by atoms with E-state index < -0.39 is 35.3 Å². The maximum Gasteiger partial charge on any atom is 0.304 e. The van der Waals surface area contributed by atoms with Crippen LogP contribution in [-0.2, 0) is 33.7 Å². The molecule has 0 atom stereocenters. The summed E-state index contributed by atoms with van der Waals surface area (Å²) in [5, 5.41) is 14.8. The number of aliphatic carboxylic acids is 1. The summed E-state index contributed by atoms with van der Waals surface area (Å²) in [4.78, 5) is 31.8. The van der Waals surface area contributed by atoms with Gasteiger partial charge in [0.2, 0.25) is 5.91 Å². The number of hydrogen-bond acceptors (Lipinski definition) is 8. The summed E-state index contributed by atoms with van der Waals surface area (Å²) in [6.45, 7) is 4.70. The minimum Gasteiger partial charge on any atom is -0.496 e. The van der Waals surface area contributed by atoms with Gasteiger partial charge in [0.05, 0.1) is 44.4 Å². The molecule has 0 radical (unpaired) electrons. The van der Waals surface area contributed by atoms with Crippen molar-refractivity contribution in [2.75, 3.05) is 46.6 Å². The van der Waals surface area contributed by atoms with Crippen molar-refractivity contribution in [1.82, 2.24) is 15.2 Å². The van der Waals surface area contributed by atoms with E-state index in [2.05, 4.69) is 15.2 Å². The number of benzene rings is 2. The molecule has 0 spiro atoms. The second-order valence-electron chi connectivity index (χ2n) is 10.2. The maximum absolute atomic E-state index is 13.8. The summed E-state index contributed by atoms with van der Waals surface area (Å²) in [6, 6.07) is 7.63. The fourth-order valence-electron chi connectivity index (χ4n) is 5.35. The van der Waals surface area contributed by atoms with Gasteiger partial charge in [-0.05, 0) is 48.2 Å². The average Bonchev–Trinajstić information content (AvgIpc) is 3.57. The van der Waals surface area contributed by atoms with Gasteiger partial charge < -0.3 is 24.6 Å². The predicted octanol–water partition coefficient (Wildman–Crippen LogP) is 3.68. The number of carbonyl (C=O) groups is 2. The first-order valence-corrected chi connectivity index (χ1v) is 14.2. The third-order valence-corrected chi connectivity index (χ3v) is 8.30. The Morgan fingerprint density at radius 2 is 1.85 bits per heavy atom. The SMILES string of the molecule is COc1cc(OCCN2CCOCC2)ccc1-c1csc(CNC(=O)C2(CC(=O)O)Cc3cc(F)c(F)cc3C2)n1. The fourth-order valence-corrected chi connectivity index (χ4v) is 6.09. The van der Waals surface area contributed by atoms with Crippen LogP contribution in [0.3, 0.4) is 0 Å². The van der Waals surface area contributed by atoms with E-state index in [9.17, 15) is 23.5 Å². The lowest BCUT2D eigenvalue weighted by Crippen LogP contribution is -2.43. The number of halogens is 2. The second kappa shape index (κ2) is 12.5. The molecule has 1 aliphatic carbocycles. The third-order valence-electron chi connectivity index (χ3n) is 7.45. The molecule has 1 fully saturated rings. The van der Waals surface area contributed by atoms with Gasteiger partial charge in [-0.25, -0.2) is 13.8 Å². The van der Waals surface area contributed by atoms with Crippen LogP contribution in [0.15, 0.2) is 35.7 Å². The first-order chi connectivity index (χ1) is 19.8. The minimum absolute atomic E-state index is 0.0127. The number of carboxylic acid groups (broad SMARTS) is 1. The summed E-state index contributed by atoms with van der Waals surface area (Å²) >= 11 is 1.34. The summed E-state index contributed by atoms with van der Waals surface area (Å²) in [5.74, 6) is -2.42. The molecule has 0 bridgehead atoms. The van der Waals surface area contributed by atoms with Gasteiger partial charge in [-0.3, -0.25) is 14.5 Å². The zero-order chi connectivity index (χ0) is 29.0. The zero-order valence-corrected chi connectivity index (χ0v) is 23.4. The lowest BCUT2D eigenvalue weighted by atomic mass is 9.80. The second-order valence-corrected chi connectivity index (χ2v) is 11.2. The Morgan fingerprint density at radius 1 is 1.15 bits per heavy atom. The molecule has 2 heterocycles. The molecule has 218 valence electrons. The zero-order valence-electron chi connectivity index (χ0n) is 22.6. The number of ether oxygens (including phenoxy) is 3. The molecule has 2 aliphatic rings. The van der Waals surface area contributed by atoms with Crippen molar-refractivity contribution in [3.63, 3.8) is 0 Å². The van der Waals surface area contributed by atoms with Gasteiger partial charge in [-0.2, -0.15) is 0 Å². The van der Waals surface area contributed by atoms with E-state index in [-0.39, 0.29) is 19.4 Å². The van der Waals surface area contributed by atoms with Gasteiger partial charge in [-0.15, -0.1) is 11.3 Å². The molecule has 1 amide bonds. The van der Waals surface area contributed by atoms with Crippen LogP contribution in [0, 0.1) is 17.0 Å².